The number of hydrogen-bond acceptors (Lipinski definition) is 2. The van der Waals surface area contributed by atoms with Crippen LogP contribution in [0.4, 0.5) is 0 Å². The van der Waals surface area contributed by atoms with E-state index in [1.165, 1.54) is 0 Å². The van der Waals surface area contributed by atoms with Crippen molar-refractivity contribution in [2.45, 2.75) is 6.10 Å². The summed E-state index contributed by atoms with van der Waals surface area (Å²) in [5, 5.41) is 13.7. The maximum Gasteiger partial charge on any atom is 0.0917 e. The largest absolute Gasteiger partial charge is 0.387 e. The molecule has 60 valence electrons. The fourth-order valence-corrected chi connectivity index (χ4v) is 1.09. The van der Waals surface area contributed by atoms with Gasteiger partial charge in [0.05, 0.1) is 12.3 Å². The van der Waals surface area contributed by atoms with E-state index in [4.69, 9.17) is 0 Å². The maximum absolute atomic E-state index is 9.30. The lowest BCUT2D eigenvalue weighted by molar-refractivity contribution is 0.205. The molecule has 0 amide bonds. The van der Waals surface area contributed by atoms with Crippen molar-refractivity contribution in [2.24, 2.45) is 0 Å². The molecule has 0 spiro atoms. The van der Waals surface area contributed by atoms with E-state index in [-0.39, 0.29) is 0 Å². The van der Waals surface area contributed by atoms with Crippen LogP contribution < -0.4 is 0 Å². The van der Waals surface area contributed by atoms with Gasteiger partial charge in [-0.25, -0.2) is 4.68 Å². The minimum Gasteiger partial charge on any atom is -0.387 e. The van der Waals surface area contributed by atoms with Crippen molar-refractivity contribution in [1.82, 2.24) is 9.78 Å². The summed E-state index contributed by atoms with van der Waals surface area (Å²) in [6.45, 7) is 3.54. The molecule has 1 aromatic rings. The average Bonchev–Trinajstić information content (AvgIpc) is 2.50. The van der Waals surface area contributed by atoms with Gasteiger partial charge in [-0.2, -0.15) is 5.10 Å². The Balaban J connectivity index is 2.79. The topological polar surface area (TPSA) is 38.0 Å². The van der Waals surface area contributed by atoms with Crippen molar-refractivity contribution < 1.29 is 5.11 Å². The molecule has 0 radical (unpaired) electrons. The number of aliphatic hydroxyl groups is 1. The first-order valence-corrected chi connectivity index (χ1v) is 4.30. The van der Waals surface area contributed by atoms with Crippen LogP contribution >= 0.6 is 15.9 Å². The molecule has 1 rings (SSSR count). The van der Waals surface area contributed by atoms with E-state index >= 15 is 0 Å². The highest BCUT2D eigenvalue weighted by atomic mass is 79.9. The Bertz CT molecular complexity index is 246. The van der Waals surface area contributed by atoms with E-state index in [2.05, 4.69) is 27.6 Å². The lowest BCUT2D eigenvalue weighted by Crippen LogP contribution is -1.95. The summed E-state index contributed by atoms with van der Waals surface area (Å²) in [5.41, 5.74) is 0.793. The summed E-state index contributed by atoms with van der Waals surface area (Å²) in [6, 6.07) is 0. The van der Waals surface area contributed by atoms with E-state index in [0.29, 0.717) is 5.33 Å². The highest BCUT2D eigenvalue weighted by Crippen LogP contribution is 2.13. The third kappa shape index (κ3) is 1.91. The molecule has 0 bridgehead atoms. The molecule has 0 saturated heterocycles. The summed E-state index contributed by atoms with van der Waals surface area (Å²) in [7, 11) is 0. The zero-order valence-electron chi connectivity index (χ0n) is 5.94. The Kier molecular flexibility index (Phi) is 2.84. The lowest BCUT2D eigenvalue weighted by atomic mass is 10.2. The number of nitrogens with zero attached hydrogens (tertiary/aromatic N) is 2. The minimum absolute atomic E-state index is 0.483. The van der Waals surface area contributed by atoms with Gasteiger partial charge in [0, 0.05) is 23.3 Å². The Labute approximate surface area is 73.5 Å². The maximum atomic E-state index is 9.30. The molecule has 3 nitrogen and oxygen atoms in total. The summed E-state index contributed by atoms with van der Waals surface area (Å²) in [5.74, 6) is 0. The molecule has 1 atom stereocenters. The molecule has 4 heteroatoms. The van der Waals surface area contributed by atoms with Crippen molar-refractivity contribution >= 4 is 22.1 Å². The second kappa shape index (κ2) is 3.69. The summed E-state index contributed by atoms with van der Waals surface area (Å²) in [6.07, 6.45) is 4.44. The first-order chi connectivity index (χ1) is 5.27. The third-order valence-electron chi connectivity index (χ3n) is 1.34. The normalized spacial score (nSPS) is 12.9. The molecular weight excluding hydrogens is 208 g/mol. The van der Waals surface area contributed by atoms with Gasteiger partial charge in [-0.15, -0.1) is 0 Å². The van der Waals surface area contributed by atoms with Crippen molar-refractivity contribution in [3.63, 3.8) is 0 Å². The van der Waals surface area contributed by atoms with Crippen LogP contribution in [-0.2, 0) is 0 Å². The number of aromatic nitrogens is 2. The molecule has 1 unspecified atom stereocenters. The predicted octanol–water partition coefficient (Wildman–Crippen LogP) is 1.41. The average molecular weight is 217 g/mol. The fraction of sp³-hybridized carbons (Fsp3) is 0.286. The van der Waals surface area contributed by atoms with Crippen LogP contribution in [0.25, 0.3) is 6.20 Å². The quantitative estimate of drug-likeness (QED) is 0.777. The minimum atomic E-state index is -0.483. The van der Waals surface area contributed by atoms with Gasteiger partial charge < -0.3 is 5.11 Å². The van der Waals surface area contributed by atoms with E-state index in [9.17, 15) is 5.11 Å². The molecule has 11 heavy (non-hydrogen) atoms. The highest BCUT2D eigenvalue weighted by molar-refractivity contribution is 9.09. The SMILES string of the molecule is C=Cn1cc(C(O)CBr)cn1. The predicted molar refractivity (Wildman–Crippen MR) is 47.4 cm³/mol. The second-order valence-corrected chi connectivity index (χ2v) is 2.75. The second-order valence-electron chi connectivity index (χ2n) is 2.11. The molecule has 1 aromatic heterocycles. The highest BCUT2D eigenvalue weighted by Gasteiger charge is 2.06. The molecule has 0 aromatic carbocycles. The molecule has 1 heterocycles. The van der Waals surface area contributed by atoms with Crippen LogP contribution in [0, 0.1) is 0 Å². The lowest BCUT2D eigenvalue weighted by Gasteiger charge is -2.00. The van der Waals surface area contributed by atoms with Gasteiger partial charge in [0.15, 0.2) is 0 Å². The van der Waals surface area contributed by atoms with Crippen LogP contribution in [0.3, 0.4) is 0 Å². The van der Waals surface area contributed by atoms with Gasteiger partial charge in [-0.05, 0) is 0 Å². The Morgan fingerprint density at radius 1 is 1.91 bits per heavy atom. The first kappa shape index (κ1) is 8.49. The number of alkyl halides is 1. The van der Waals surface area contributed by atoms with Gasteiger partial charge in [0.1, 0.15) is 0 Å². The van der Waals surface area contributed by atoms with Crippen molar-refractivity contribution in [1.29, 1.82) is 0 Å². The number of rotatable bonds is 3. The molecule has 1 N–H and O–H groups in total. The summed E-state index contributed by atoms with van der Waals surface area (Å²) in [4.78, 5) is 0. The Morgan fingerprint density at radius 3 is 3.09 bits per heavy atom. The van der Waals surface area contributed by atoms with Crippen molar-refractivity contribution in [2.75, 3.05) is 5.33 Å². The van der Waals surface area contributed by atoms with E-state index in [1.807, 2.05) is 0 Å². The molecule has 0 aliphatic carbocycles. The van der Waals surface area contributed by atoms with Gasteiger partial charge in [-0.3, -0.25) is 0 Å². The molecule has 0 aliphatic heterocycles. The van der Waals surface area contributed by atoms with Crippen LogP contribution in [0.2, 0.25) is 0 Å². The van der Waals surface area contributed by atoms with E-state index in [0.717, 1.165) is 5.56 Å². The zero-order valence-corrected chi connectivity index (χ0v) is 7.53. The van der Waals surface area contributed by atoms with E-state index in [1.54, 1.807) is 23.3 Å². The first-order valence-electron chi connectivity index (χ1n) is 3.18. The molecule has 0 aliphatic rings. The molecule has 0 fully saturated rings. The van der Waals surface area contributed by atoms with Crippen molar-refractivity contribution in [3.8, 4) is 0 Å². The number of halogens is 1. The molecular formula is C7H9BrN2O. The van der Waals surface area contributed by atoms with Gasteiger partial charge in [-0.1, -0.05) is 22.5 Å². The number of hydrogen-bond donors (Lipinski definition) is 1. The van der Waals surface area contributed by atoms with Crippen LogP contribution in [-0.4, -0.2) is 20.2 Å². The van der Waals surface area contributed by atoms with Crippen molar-refractivity contribution in [3.05, 3.63) is 24.5 Å². The fourth-order valence-electron chi connectivity index (χ4n) is 0.714. The molecule has 0 saturated carbocycles. The van der Waals surface area contributed by atoms with Crippen LogP contribution in [0.15, 0.2) is 19.0 Å². The monoisotopic (exact) mass is 216 g/mol. The zero-order chi connectivity index (χ0) is 8.27. The van der Waals surface area contributed by atoms with Gasteiger partial charge >= 0.3 is 0 Å². The summed E-state index contributed by atoms with van der Waals surface area (Å²) >= 11 is 3.17. The van der Waals surface area contributed by atoms with Gasteiger partial charge in [0.25, 0.3) is 0 Å². The third-order valence-corrected chi connectivity index (χ3v) is 1.95. The standard InChI is InChI=1S/C7H9BrN2O/c1-2-10-5-6(4-9-10)7(11)3-8/h2,4-5,7,11H,1,3H2. The Hall–Kier alpha value is -0.610. The smallest absolute Gasteiger partial charge is 0.0917 e. The van der Waals surface area contributed by atoms with Crippen LogP contribution in [0.5, 0.6) is 0 Å². The van der Waals surface area contributed by atoms with Gasteiger partial charge in [0.2, 0.25) is 0 Å². The summed E-state index contributed by atoms with van der Waals surface area (Å²) < 4.78 is 1.56. The van der Waals surface area contributed by atoms with E-state index < -0.39 is 6.10 Å². The Morgan fingerprint density at radius 2 is 2.64 bits per heavy atom. The van der Waals surface area contributed by atoms with Crippen LogP contribution in [0.1, 0.15) is 11.7 Å². The number of aliphatic hydroxyl groups excluding tert-OH is 1.